The summed E-state index contributed by atoms with van der Waals surface area (Å²) >= 11 is 3.59. The van der Waals surface area contributed by atoms with Crippen molar-refractivity contribution in [1.82, 2.24) is 0 Å². The predicted octanol–water partition coefficient (Wildman–Crippen LogP) is 6.63. The molecule has 0 amide bonds. The van der Waals surface area contributed by atoms with Crippen molar-refractivity contribution in [2.75, 3.05) is 7.11 Å². The standard InChI is InChI=1S/C39H41BrO12/c1-33(2)28(49-32(45)39-17-15-37(8,30(43)52-39)35(39,5)6)27(48-31(44)38-16-14-36(7,29(42)51-38)34(38,3)4)21-24-20(25(46-9)22(40)26(21)50-33)23(41)18-12-10-11-13-19(18)47-24/h10-13,27-28H,14-17H2,1-9H3/t27-,28-,36?,37?,38-,39-/m1/s1. The molecular formula is C39H41BrO12. The fourth-order valence-corrected chi connectivity index (χ4v) is 10.2. The molecule has 2 unspecified atom stereocenters. The van der Waals surface area contributed by atoms with Gasteiger partial charge < -0.3 is 32.8 Å². The largest absolute Gasteiger partial charge is 0.494 e. The van der Waals surface area contributed by atoms with E-state index in [-0.39, 0.29) is 56.3 Å². The van der Waals surface area contributed by atoms with Crippen molar-refractivity contribution in [2.45, 2.75) is 110 Å². The third kappa shape index (κ3) is 3.80. The van der Waals surface area contributed by atoms with Crippen LogP contribution in [0.1, 0.15) is 92.7 Å². The van der Waals surface area contributed by atoms with Crippen LogP contribution < -0.4 is 14.9 Å². The van der Waals surface area contributed by atoms with Crippen molar-refractivity contribution >= 4 is 61.7 Å². The molecular weight excluding hydrogens is 740 g/mol. The lowest BCUT2D eigenvalue weighted by Gasteiger charge is -2.46. The van der Waals surface area contributed by atoms with Crippen LogP contribution >= 0.6 is 15.9 Å². The Morgan fingerprint density at radius 3 is 1.81 bits per heavy atom. The van der Waals surface area contributed by atoms with Gasteiger partial charge in [0, 0.05) is 10.8 Å². The van der Waals surface area contributed by atoms with Crippen LogP contribution in [0.4, 0.5) is 0 Å². The molecule has 2 aliphatic carbocycles. The van der Waals surface area contributed by atoms with Gasteiger partial charge in [-0.3, -0.25) is 14.4 Å². The van der Waals surface area contributed by atoms with E-state index >= 15 is 0 Å². The van der Waals surface area contributed by atoms with E-state index in [1.165, 1.54) is 7.11 Å². The van der Waals surface area contributed by atoms with E-state index in [1.807, 2.05) is 13.8 Å². The first-order valence-electron chi connectivity index (χ1n) is 17.5. The van der Waals surface area contributed by atoms with E-state index < -0.39 is 80.0 Å². The van der Waals surface area contributed by atoms with Crippen LogP contribution in [-0.4, -0.2) is 53.9 Å². The average molecular weight is 782 g/mol. The van der Waals surface area contributed by atoms with Gasteiger partial charge in [-0.25, -0.2) is 9.59 Å². The number of methoxy groups -OCH3 is 1. The van der Waals surface area contributed by atoms with E-state index in [2.05, 4.69) is 15.9 Å². The van der Waals surface area contributed by atoms with Gasteiger partial charge in [0.05, 0.1) is 28.9 Å². The van der Waals surface area contributed by atoms with E-state index in [4.69, 9.17) is 32.8 Å². The summed E-state index contributed by atoms with van der Waals surface area (Å²) in [5.41, 5.74) is -8.54. The van der Waals surface area contributed by atoms with Gasteiger partial charge in [-0.15, -0.1) is 0 Å². The highest BCUT2D eigenvalue weighted by Crippen LogP contribution is 2.68. The molecule has 276 valence electrons. The molecule has 6 atom stereocenters. The van der Waals surface area contributed by atoms with E-state index in [0.29, 0.717) is 12.8 Å². The Morgan fingerprint density at radius 1 is 0.769 bits per heavy atom. The topological polar surface area (TPSA) is 154 Å². The van der Waals surface area contributed by atoms with Crippen LogP contribution in [0.25, 0.3) is 21.9 Å². The number of para-hydroxylation sites is 1. The predicted molar refractivity (Wildman–Crippen MR) is 188 cm³/mol. The summed E-state index contributed by atoms with van der Waals surface area (Å²) in [6, 6.07) is 6.68. The molecule has 0 N–H and O–H groups in total. The van der Waals surface area contributed by atoms with Gasteiger partial charge in [0.15, 0.2) is 23.5 Å². The maximum absolute atomic E-state index is 14.8. The summed E-state index contributed by atoms with van der Waals surface area (Å²) in [5.74, 6) is -2.39. The second kappa shape index (κ2) is 10.3. The molecule has 5 aliphatic rings. The summed E-state index contributed by atoms with van der Waals surface area (Å²) < 4.78 is 43.8. The number of fused-ring (bicyclic) bond motifs is 8. The summed E-state index contributed by atoms with van der Waals surface area (Å²) in [6.45, 7) is 14.1. The fourth-order valence-electron chi connectivity index (χ4n) is 9.51. The minimum Gasteiger partial charge on any atom is -0.494 e. The number of benzene rings is 2. The highest BCUT2D eigenvalue weighted by atomic mass is 79.9. The second-order valence-corrected chi connectivity index (χ2v) is 17.7. The molecule has 1 aromatic heterocycles. The molecule has 4 bridgehead atoms. The van der Waals surface area contributed by atoms with Crippen LogP contribution in [0.2, 0.25) is 0 Å². The Morgan fingerprint density at radius 2 is 1.31 bits per heavy atom. The Hall–Kier alpha value is -4.13. The summed E-state index contributed by atoms with van der Waals surface area (Å²) in [4.78, 5) is 69.9. The first-order valence-corrected chi connectivity index (χ1v) is 18.3. The SMILES string of the molecule is COc1c(Br)c2c(c3oc4ccccc4c(=O)c13)[C@@H](OC(=O)[C@@]13CCC(C)(C(=O)O1)C3(C)C)[C@@H](OC(=O)[C@@]13CCC(C)(C(=O)O1)C3(C)C)C(C)(C)O2. The molecule has 4 heterocycles. The summed E-state index contributed by atoms with van der Waals surface area (Å²) in [7, 11) is 1.41. The maximum Gasteiger partial charge on any atom is 0.351 e. The van der Waals surface area contributed by atoms with Crippen LogP contribution in [0.3, 0.4) is 0 Å². The lowest BCUT2D eigenvalue weighted by Crippen LogP contribution is -2.58. The number of esters is 4. The highest BCUT2D eigenvalue weighted by Gasteiger charge is 2.78. The quantitative estimate of drug-likeness (QED) is 0.155. The normalized spacial score (nSPS) is 34.4. The third-order valence-corrected chi connectivity index (χ3v) is 14.7. The maximum atomic E-state index is 14.8. The van der Waals surface area contributed by atoms with Gasteiger partial charge >= 0.3 is 23.9 Å². The van der Waals surface area contributed by atoms with E-state index in [9.17, 15) is 24.0 Å². The molecule has 4 fully saturated rings. The lowest BCUT2D eigenvalue weighted by atomic mass is 9.66. The molecule has 52 heavy (non-hydrogen) atoms. The summed E-state index contributed by atoms with van der Waals surface area (Å²) in [6.07, 6.45) is -1.62. The zero-order valence-electron chi connectivity index (χ0n) is 30.6. The molecule has 2 aromatic carbocycles. The van der Waals surface area contributed by atoms with Gasteiger partial charge in [0.25, 0.3) is 0 Å². The van der Waals surface area contributed by atoms with Gasteiger partial charge in [-0.2, -0.15) is 0 Å². The van der Waals surface area contributed by atoms with Crippen molar-refractivity contribution in [2.24, 2.45) is 21.7 Å². The minimum absolute atomic E-state index is 0.0104. The minimum atomic E-state index is -1.65. The Bertz CT molecular complexity index is 2240. The first kappa shape index (κ1) is 34.9. The molecule has 8 rings (SSSR count). The smallest absolute Gasteiger partial charge is 0.351 e. The number of rotatable bonds is 5. The number of hydrogen-bond acceptors (Lipinski definition) is 12. The van der Waals surface area contributed by atoms with Crippen molar-refractivity contribution in [3.8, 4) is 11.5 Å². The molecule has 0 spiro atoms. The van der Waals surface area contributed by atoms with E-state index in [1.54, 1.807) is 65.8 Å². The molecule has 12 nitrogen and oxygen atoms in total. The van der Waals surface area contributed by atoms with Gasteiger partial charge in [-0.05, 0) is 81.4 Å². The Labute approximate surface area is 307 Å². The van der Waals surface area contributed by atoms with Crippen molar-refractivity contribution < 1.29 is 52.0 Å². The van der Waals surface area contributed by atoms with Crippen LogP contribution in [0.15, 0.2) is 37.9 Å². The second-order valence-electron chi connectivity index (χ2n) is 16.9. The van der Waals surface area contributed by atoms with Gasteiger partial charge in [0.1, 0.15) is 26.8 Å². The van der Waals surface area contributed by atoms with Gasteiger partial charge in [-0.1, -0.05) is 39.8 Å². The molecule has 2 saturated carbocycles. The first-order chi connectivity index (χ1) is 24.2. The molecule has 3 aromatic rings. The van der Waals surface area contributed by atoms with E-state index in [0.717, 1.165) is 0 Å². The zero-order chi connectivity index (χ0) is 37.8. The number of hydrogen-bond donors (Lipinski definition) is 0. The number of ether oxygens (including phenoxy) is 6. The molecule has 3 aliphatic heterocycles. The molecule has 13 heteroatoms. The Balaban J connectivity index is 1.35. The van der Waals surface area contributed by atoms with Crippen LogP contribution in [0, 0.1) is 21.7 Å². The number of carbonyl (C=O) groups is 4. The molecule has 2 saturated heterocycles. The average Bonchev–Trinajstić information content (AvgIpc) is 3.55. The molecule has 0 radical (unpaired) electrons. The lowest BCUT2D eigenvalue weighted by molar-refractivity contribution is -0.217. The van der Waals surface area contributed by atoms with Crippen molar-refractivity contribution in [1.29, 1.82) is 0 Å². The van der Waals surface area contributed by atoms with Crippen LogP contribution in [0.5, 0.6) is 11.5 Å². The summed E-state index contributed by atoms with van der Waals surface area (Å²) in [5, 5.41) is 0.322. The number of halogens is 1. The monoisotopic (exact) mass is 780 g/mol. The fraction of sp³-hybridized carbons (Fsp3) is 0.564. The van der Waals surface area contributed by atoms with Crippen LogP contribution in [-0.2, 0) is 38.1 Å². The zero-order valence-corrected chi connectivity index (χ0v) is 32.2. The van der Waals surface area contributed by atoms with Crippen molar-refractivity contribution in [3.63, 3.8) is 0 Å². The number of carbonyl (C=O) groups excluding carboxylic acids is 4. The Kier molecular flexibility index (Phi) is 6.92. The van der Waals surface area contributed by atoms with Gasteiger partial charge in [0.2, 0.25) is 16.6 Å². The third-order valence-electron chi connectivity index (χ3n) is 14.0. The van der Waals surface area contributed by atoms with Crippen molar-refractivity contribution in [3.05, 3.63) is 44.5 Å². The highest BCUT2D eigenvalue weighted by molar-refractivity contribution is 9.10.